The van der Waals surface area contributed by atoms with Crippen LogP contribution in [0.1, 0.15) is 0 Å². The maximum atomic E-state index is 11.6. The molecule has 0 unspecified atom stereocenters. The molecule has 0 bridgehead atoms. The molecule has 2 heterocycles. The second kappa shape index (κ2) is 5.87. The van der Waals surface area contributed by atoms with Gasteiger partial charge in [-0.05, 0) is 48.5 Å². The number of rotatable bonds is 4. The van der Waals surface area contributed by atoms with Gasteiger partial charge in [0.2, 0.25) is 5.91 Å². The molecule has 6 heteroatoms. The van der Waals surface area contributed by atoms with Crippen LogP contribution >= 0.6 is 0 Å². The van der Waals surface area contributed by atoms with Crippen LogP contribution in [0.3, 0.4) is 0 Å². The number of fused-ring (bicyclic) bond motifs is 1. The third kappa shape index (κ3) is 2.91. The highest BCUT2D eigenvalue weighted by molar-refractivity contribution is 5.92. The SMILES string of the molecule is CNCC(=O)Nc1cc(-c2ccc3occc3c2)cc(N)n1. The molecule has 0 radical (unpaired) electrons. The lowest BCUT2D eigenvalue weighted by Gasteiger charge is -2.08. The molecule has 0 aliphatic carbocycles. The van der Waals surface area contributed by atoms with Crippen molar-refractivity contribution in [2.24, 2.45) is 0 Å². The topological polar surface area (TPSA) is 93.2 Å². The first-order valence-corrected chi connectivity index (χ1v) is 6.85. The van der Waals surface area contributed by atoms with E-state index in [0.717, 1.165) is 22.1 Å². The van der Waals surface area contributed by atoms with Crippen molar-refractivity contribution in [2.45, 2.75) is 0 Å². The predicted octanol–water partition coefficient (Wildman–Crippen LogP) is 2.23. The molecule has 0 atom stereocenters. The number of carbonyl (C=O) groups excluding carboxylic acids is 1. The van der Waals surface area contributed by atoms with E-state index in [2.05, 4.69) is 15.6 Å². The van der Waals surface area contributed by atoms with Crippen LogP contribution in [0.2, 0.25) is 0 Å². The zero-order valence-electron chi connectivity index (χ0n) is 12.1. The van der Waals surface area contributed by atoms with E-state index in [4.69, 9.17) is 10.2 Å². The Morgan fingerprint density at radius 2 is 2.09 bits per heavy atom. The maximum Gasteiger partial charge on any atom is 0.239 e. The van der Waals surface area contributed by atoms with Crippen molar-refractivity contribution in [3.05, 3.63) is 42.7 Å². The summed E-state index contributed by atoms with van der Waals surface area (Å²) >= 11 is 0. The fraction of sp³-hybridized carbons (Fsp3) is 0.125. The molecule has 0 spiro atoms. The predicted molar refractivity (Wildman–Crippen MR) is 86.4 cm³/mol. The van der Waals surface area contributed by atoms with Gasteiger partial charge in [0.1, 0.15) is 17.2 Å². The van der Waals surface area contributed by atoms with E-state index in [1.54, 1.807) is 25.4 Å². The van der Waals surface area contributed by atoms with Gasteiger partial charge in [0, 0.05) is 5.39 Å². The summed E-state index contributed by atoms with van der Waals surface area (Å²) in [7, 11) is 1.71. The molecule has 3 aromatic rings. The number of hydrogen-bond donors (Lipinski definition) is 3. The van der Waals surface area contributed by atoms with Crippen LogP contribution in [0.5, 0.6) is 0 Å². The van der Waals surface area contributed by atoms with Crippen LogP contribution in [0.4, 0.5) is 11.6 Å². The van der Waals surface area contributed by atoms with E-state index in [0.29, 0.717) is 11.6 Å². The molecule has 2 aromatic heterocycles. The Hall–Kier alpha value is -2.86. The van der Waals surface area contributed by atoms with Crippen molar-refractivity contribution in [1.82, 2.24) is 10.3 Å². The first-order valence-electron chi connectivity index (χ1n) is 6.85. The molecule has 0 aliphatic heterocycles. The van der Waals surface area contributed by atoms with E-state index in [1.807, 2.05) is 24.3 Å². The van der Waals surface area contributed by atoms with Crippen LogP contribution in [0.25, 0.3) is 22.1 Å². The minimum atomic E-state index is -0.170. The summed E-state index contributed by atoms with van der Waals surface area (Å²) in [6, 6.07) is 11.3. The highest BCUT2D eigenvalue weighted by Gasteiger charge is 2.07. The second-order valence-electron chi connectivity index (χ2n) is 4.92. The summed E-state index contributed by atoms with van der Waals surface area (Å²) in [6.07, 6.45) is 1.65. The highest BCUT2D eigenvalue weighted by Crippen LogP contribution is 2.27. The Labute approximate surface area is 127 Å². The average Bonchev–Trinajstić information content (AvgIpc) is 2.94. The molecule has 6 nitrogen and oxygen atoms in total. The van der Waals surface area contributed by atoms with E-state index in [-0.39, 0.29) is 12.5 Å². The maximum absolute atomic E-state index is 11.6. The average molecular weight is 296 g/mol. The summed E-state index contributed by atoms with van der Waals surface area (Å²) in [4.78, 5) is 15.8. The fourth-order valence-corrected chi connectivity index (χ4v) is 2.28. The van der Waals surface area contributed by atoms with Crippen LogP contribution in [-0.4, -0.2) is 24.5 Å². The number of pyridine rings is 1. The lowest BCUT2D eigenvalue weighted by Crippen LogP contribution is -2.25. The van der Waals surface area contributed by atoms with Crippen molar-refractivity contribution in [3.63, 3.8) is 0 Å². The Kier molecular flexibility index (Phi) is 3.76. The molecule has 0 fully saturated rings. The normalized spacial score (nSPS) is 10.8. The third-order valence-electron chi connectivity index (χ3n) is 3.24. The second-order valence-corrected chi connectivity index (χ2v) is 4.92. The van der Waals surface area contributed by atoms with E-state index in [9.17, 15) is 4.79 Å². The van der Waals surface area contributed by atoms with Crippen molar-refractivity contribution in [1.29, 1.82) is 0 Å². The summed E-state index contributed by atoms with van der Waals surface area (Å²) in [6.45, 7) is 0.215. The zero-order valence-corrected chi connectivity index (χ0v) is 12.1. The van der Waals surface area contributed by atoms with Gasteiger partial charge < -0.3 is 20.8 Å². The van der Waals surface area contributed by atoms with Gasteiger partial charge in [-0.3, -0.25) is 4.79 Å². The zero-order chi connectivity index (χ0) is 15.5. The smallest absolute Gasteiger partial charge is 0.239 e. The van der Waals surface area contributed by atoms with Gasteiger partial charge in [-0.15, -0.1) is 0 Å². The van der Waals surface area contributed by atoms with Crippen molar-refractivity contribution < 1.29 is 9.21 Å². The minimum absolute atomic E-state index is 0.170. The first-order chi connectivity index (χ1) is 10.7. The van der Waals surface area contributed by atoms with Gasteiger partial charge in [0.05, 0.1) is 12.8 Å². The summed E-state index contributed by atoms with van der Waals surface area (Å²) in [5.74, 6) is 0.615. The molecule has 22 heavy (non-hydrogen) atoms. The van der Waals surface area contributed by atoms with Crippen LogP contribution < -0.4 is 16.4 Å². The standard InChI is InChI=1S/C16H16N4O2/c1-18-9-16(21)20-15-8-12(7-14(17)19-15)10-2-3-13-11(6-10)4-5-22-13/h2-8,18H,9H2,1H3,(H3,17,19,20,21). The van der Waals surface area contributed by atoms with Gasteiger partial charge >= 0.3 is 0 Å². The first kappa shape index (κ1) is 14.1. The summed E-state index contributed by atoms with van der Waals surface area (Å²) in [5.41, 5.74) is 8.53. The van der Waals surface area contributed by atoms with E-state index < -0.39 is 0 Å². The van der Waals surface area contributed by atoms with Crippen LogP contribution in [-0.2, 0) is 4.79 Å². The number of nitrogen functional groups attached to an aromatic ring is 1. The molecule has 112 valence electrons. The Bertz CT molecular complexity index is 826. The van der Waals surface area contributed by atoms with Gasteiger partial charge in [0.15, 0.2) is 0 Å². The third-order valence-corrected chi connectivity index (χ3v) is 3.24. The van der Waals surface area contributed by atoms with E-state index >= 15 is 0 Å². The van der Waals surface area contributed by atoms with Gasteiger partial charge in [-0.25, -0.2) is 4.98 Å². The number of anilines is 2. The fourth-order valence-electron chi connectivity index (χ4n) is 2.28. The van der Waals surface area contributed by atoms with Gasteiger partial charge in [-0.2, -0.15) is 0 Å². The van der Waals surface area contributed by atoms with Crippen LogP contribution in [0, 0.1) is 0 Å². The summed E-state index contributed by atoms with van der Waals surface area (Å²) < 4.78 is 5.33. The van der Waals surface area contributed by atoms with Crippen molar-refractivity contribution in [3.8, 4) is 11.1 Å². The Morgan fingerprint density at radius 1 is 1.23 bits per heavy atom. The molecular weight excluding hydrogens is 280 g/mol. The number of carbonyl (C=O) groups is 1. The van der Waals surface area contributed by atoms with Gasteiger partial charge in [0.25, 0.3) is 0 Å². The number of amides is 1. The van der Waals surface area contributed by atoms with E-state index in [1.165, 1.54) is 0 Å². The number of nitrogens with zero attached hydrogens (tertiary/aromatic N) is 1. The molecule has 1 aromatic carbocycles. The minimum Gasteiger partial charge on any atom is -0.464 e. The number of hydrogen-bond acceptors (Lipinski definition) is 5. The molecule has 0 aliphatic rings. The molecule has 1 amide bonds. The Morgan fingerprint density at radius 3 is 2.91 bits per heavy atom. The lowest BCUT2D eigenvalue weighted by atomic mass is 10.0. The number of nitrogens with one attached hydrogen (secondary N) is 2. The van der Waals surface area contributed by atoms with Crippen molar-refractivity contribution >= 4 is 28.5 Å². The number of nitrogens with two attached hydrogens (primary N) is 1. The highest BCUT2D eigenvalue weighted by atomic mass is 16.3. The number of aromatic nitrogens is 1. The molecule has 0 saturated heterocycles. The monoisotopic (exact) mass is 296 g/mol. The quantitative estimate of drug-likeness (QED) is 0.686. The lowest BCUT2D eigenvalue weighted by molar-refractivity contribution is -0.115. The largest absolute Gasteiger partial charge is 0.464 e. The Balaban J connectivity index is 1.95. The number of likely N-dealkylation sites (N-methyl/N-ethyl adjacent to an activating group) is 1. The van der Waals surface area contributed by atoms with Gasteiger partial charge in [-0.1, -0.05) is 6.07 Å². The van der Waals surface area contributed by atoms with Crippen LogP contribution in [0.15, 0.2) is 47.1 Å². The molecule has 0 saturated carbocycles. The number of furan rings is 1. The molecular formula is C16H16N4O2. The molecule has 3 rings (SSSR count). The molecule has 4 N–H and O–H groups in total. The van der Waals surface area contributed by atoms with Crippen molar-refractivity contribution in [2.75, 3.05) is 24.6 Å². The number of benzene rings is 1. The summed E-state index contributed by atoms with van der Waals surface area (Å²) in [5, 5.41) is 6.51.